The van der Waals surface area contributed by atoms with Gasteiger partial charge in [-0.3, -0.25) is 4.79 Å². The Bertz CT molecular complexity index is 637. The van der Waals surface area contributed by atoms with Gasteiger partial charge in [-0.25, -0.2) is 9.98 Å². The van der Waals surface area contributed by atoms with Gasteiger partial charge in [0.15, 0.2) is 0 Å². The summed E-state index contributed by atoms with van der Waals surface area (Å²) in [5, 5.41) is 0. The zero-order valence-corrected chi connectivity index (χ0v) is 13.9. The zero-order chi connectivity index (χ0) is 16.2. The fourth-order valence-corrected chi connectivity index (χ4v) is 2.26. The topological polar surface area (TPSA) is 41.8 Å². The van der Waals surface area contributed by atoms with Crippen LogP contribution in [-0.4, -0.2) is 17.3 Å². The Morgan fingerprint density at radius 1 is 1.14 bits per heavy atom. The number of benzene rings is 1. The number of carbonyl (C=O) groups excluding carboxylic acids is 1. The van der Waals surface area contributed by atoms with Crippen molar-refractivity contribution in [3.8, 4) is 0 Å². The molecule has 0 aliphatic rings. The first kappa shape index (κ1) is 17.0. The van der Waals surface area contributed by atoms with E-state index in [2.05, 4.69) is 42.5 Å². The maximum Gasteiger partial charge on any atom is 0.242 e. The molecule has 0 unspecified atom stereocenters. The molecule has 112 valence electrons. The van der Waals surface area contributed by atoms with E-state index in [1.54, 1.807) is 6.92 Å². The van der Waals surface area contributed by atoms with Crippen molar-refractivity contribution < 1.29 is 4.79 Å². The fourth-order valence-electron chi connectivity index (χ4n) is 2.26. The molecule has 21 heavy (non-hydrogen) atoms. The molecule has 0 radical (unpaired) electrons. The van der Waals surface area contributed by atoms with Crippen molar-refractivity contribution in [1.82, 2.24) is 0 Å². The van der Waals surface area contributed by atoms with E-state index in [4.69, 9.17) is 0 Å². The van der Waals surface area contributed by atoms with Gasteiger partial charge < -0.3 is 0 Å². The minimum absolute atomic E-state index is 0.226. The van der Waals surface area contributed by atoms with Crippen LogP contribution in [0.3, 0.4) is 0 Å². The van der Waals surface area contributed by atoms with Gasteiger partial charge in [0.1, 0.15) is 0 Å². The van der Waals surface area contributed by atoms with Crippen LogP contribution in [0.4, 0.5) is 5.69 Å². The summed E-state index contributed by atoms with van der Waals surface area (Å²) in [4.78, 5) is 19.8. The molecule has 3 heteroatoms. The van der Waals surface area contributed by atoms with E-state index in [1.807, 2.05) is 13.8 Å². The van der Waals surface area contributed by atoms with E-state index < -0.39 is 0 Å². The maximum atomic E-state index is 11.2. The van der Waals surface area contributed by atoms with Gasteiger partial charge in [0.2, 0.25) is 5.91 Å². The summed E-state index contributed by atoms with van der Waals surface area (Å²) in [7, 11) is 0. The normalized spacial score (nSPS) is 12.5. The largest absolute Gasteiger partial charge is 0.273 e. The van der Waals surface area contributed by atoms with Crippen molar-refractivity contribution in [3.63, 3.8) is 0 Å². The van der Waals surface area contributed by atoms with E-state index in [-0.39, 0.29) is 5.91 Å². The Labute approximate surface area is 127 Å². The minimum atomic E-state index is -0.226. The number of amides is 1. The maximum absolute atomic E-state index is 11.2. The summed E-state index contributed by atoms with van der Waals surface area (Å²) in [6.45, 7) is 15.3. The third-order valence-electron chi connectivity index (χ3n) is 3.34. The summed E-state index contributed by atoms with van der Waals surface area (Å²) in [5.74, 6) is -0.226. The molecule has 3 nitrogen and oxygen atoms in total. The fraction of sp³-hybridized carbons (Fsp3) is 0.389. The first-order valence-corrected chi connectivity index (χ1v) is 7.17. The van der Waals surface area contributed by atoms with E-state index >= 15 is 0 Å². The molecule has 0 atom stereocenters. The molecule has 0 N–H and O–H groups in total. The van der Waals surface area contributed by atoms with E-state index in [9.17, 15) is 4.79 Å². The lowest BCUT2D eigenvalue weighted by atomic mass is 10.0. The van der Waals surface area contributed by atoms with Gasteiger partial charge >= 0.3 is 0 Å². The second-order valence-corrected chi connectivity index (χ2v) is 5.38. The van der Waals surface area contributed by atoms with Crippen molar-refractivity contribution in [1.29, 1.82) is 0 Å². The quantitative estimate of drug-likeness (QED) is 0.749. The lowest BCUT2D eigenvalue weighted by molar-refractivity contribution is -0.115. The molecular formula is C18H24N2O. The molecular weight excluding hydrogens is 260 g/mol. The summed E-state index contributed by atoms with van der Waals surface area (Å²) in [5.41, 5.74) is 6.66. The highest BCUT2D eigenvalue weighted by Crippen LogP contribution is 2.24. The van der Waals surface area contributed by atoms with Crippen LogP contribution in [-0.2, 0) is 11.2 Å². The van der Waals surface area contributed by atoms with Gasteiger partial charge in [-0.1, -0.05) is 19.6 Å². The third-order valence-corrected chi connectivity index (χ3v) is 3.34. The van der Waals surface area contributed by atoms with Crippen LogP contribution in [0.25, 0.3) is 0 Å². The molecule has 0 bridgehead atoms. The standard InChI is InChI=1S/C18H24N2O/c1-8-16-9-13(5)17(10-12(16)4)20-18(11(2)3)14(6)19-15(7)21/h9-10H,2,8H2,1,3-7H3. The number of hydrogen-bond acceptors (Lipinski definition) is 2. The summed E-state index contributed by atoms with van der Waals surface area (Å²) in [6.07, 6.45) is 1.01. The first-order chi connectivity index (χ1) is 9.76. The van der Waals surface area contributed by atoms with Crippen LogP contribution < -0.4 is 0 Å². The molecule has 1 rings (SSSR count). The molecule has 0 saturated heterocycles. The summed E-state index contributed by atoms with van der Waals surface area (Å²) in [6, 6.07) is 4.25. The van der Waals surface area contributed by atoms with Crippen molar-refractivity contribution in [2.75, 3.05) is 0 Å². The SMILES string of the molecule is C=C(C)C(=Nc1cc(C)c(CC)cc1C)C(C)=NC(C)=O. The van der Waals surface area contributed by atoms with Gasteiger partial charge in [-0.2, -0.15) is 0 Å². The highest BCUT2D eigenvalue weighted by Gasteiger charge is 2.09. The Morgan fingerprint density at radius 3 is 2.24 bits per heavy atom. The smallest absolute Gasteiger partial charge is 0.242 e. The van der Waals surface area contributed by atoms with E-state index in [1.165, 1.54) is 18.1 Å². The lowest BCUT2D eigenvalue weighted by Gasteiger charge is -2.10. The number of hydrogen-bond donors (Lipinski definition) is 0. The van der Waals surface area contributed by atoms with E-state index in [0.717, 1.165) is 23.2 Å². The van der Waals surface area contributed by atoms with Crippen molar-refractivity contribution >= 4 is 23.0 Å². The molecule has 0 aliphatic heterocycles. The monoisotopic (exact) mass is 284 g/mol. The Hall–Kier alpha value is -2.03. The molecule has 0 spiro atoms. The highest BCUT2D eigenvalue weighted by atomic mass is 16.1. The zero-order valence-electron chi connectivity index (χ0n) is 13.9. The molecule has 0 saturated carbocycles. The molecule has 0 aliphatic carbocycles. The van der Waals surface area contributed by atoms with Crippen LogP contribution in [0, 0.1) is 13.8 Å². The third kappa shape index (κ3) is 4.48. The summed E-state index contributed by atoms with van der Waals surface area (Å²) < 4.78 is 0. The van der Waals surface area contributed by atoms with Crippen molar-refractivity contribution in [3.05, 3.63) is 41.0 Å². The van der Waals surface area contributed by atoms with Crippen LogP contribution >= 0.6 is 0 Å². The average molecular weight is 284 g/mol. The molecule has 0 aromatic heterocycles. The molecule has 1 aromatic carbocycles. The predicted octanol–water partition coefficient (Wildman–Crippen LogP) is 4.52. The van der Waals surface area contributed by atoms with Gasteiger partial charge in [-0.15, -0.1) is 0 Å². The molecule has 1 amide bonds. The van der Waals surface area contributed by atoms with Gasteiger partial charge in [0.05, 0.1) is 17.1 Å². The average Bonchev–Trinajstić information content (AvgIpc) is 2.37. The Kier molecular flexibility index (Phi) is 5.77. The van der Waals surface area contributed by atoms with Crippen LogP contribution in [0.1, 0.15) is 44.4 Å². The number of aliphatic imine (C=N–C) groups is 2. The highest BCUT2D eigenvalue weighted by molar-refractivity contribution is 6.48. The molecule has 0 fully saturated rings. The van der Waals surface area contributed by atoms with Gasteiger partial charge in [0, 0.05) is 6.92 Å². The number of allylic oxidation sites excluding steroid dienone is 1. The van der Waals surface area contributed by atoms with E-state index in [0.29, 0.717) is 11.4 Å². The second kappa shape index (κ2) is 7.11. The first-order valence-electron chi connectivity index (χ1n) is 7.17. The molecule has 0 heterocycles. The number of aryl methyl sites for hydroxylation is 3. The van der Waals surface area contributed by atoms with Crippen LogP contribution in [0.2, 0.25) is 0 Å². The van der Waals surface area contributed by atoms with Gasteiger partial charge in [0.25, 0.3) is 0 Å². The lowest BCUT2D eigenvalue weighted by Crippen LogP contribution is -2.13. The number of carbonyl (C=O) groups is 1. The molecule has 1 aromatic rings. The van der Waals surface area contributed by atoms with Crippen molar-refractivity contribution in [2.45, 2.75) is 48.0 Å². The van der Waals surface area contributed by atoms with Gasteiger partial charge in [-0.05, 0) is 62.4 Å². The van der Waals surface area contributed by atoms with Crippen LogP contribution in [0.5, 0.6) is 0 Å². The Balaban J connectivity index is 3.40. The Morgan fingerprint density at radius 2 is 1.76 bits per heavy atom. The minimum Gasteiger partial charge on any atom is -0.273 e. The van der Waals surface area contributed by atoms with Crippen LogP contribution in [0.15, 0.2) is 34.3 Å². The second-order valence-electron chi connectivity index (χ2n) is 5.38. The van der Waals surface area contributed by atoms with Crippen molar-refractivity contribution in [2.24, 2.45) is 9.98 Å². The number of nitrogens with zero attached hydrogens (tertiary/aromatic N) is 2. The number of rotatable bonds is 4. The predicted molar refractivity (Wildman–Crippen MR) is 91.0 cm³/mol. The summed E-state index contributed by atoms with van der Waals surface area (Å²) >= 11 is 0.